The molecule has 30 heavy (non-hydrogen) atoms. The van der Waals surface area contributed by atoms with E-state index in [1.807, 2.05) is 17.5 Å². The number of thiophene rings is 1. The van der Waals surface area contributed by atoms with E-state index >= 15 is 0 Å². The molecule has 1 aliphatic carbocycles. The highest BCUT2D eigenvalue weighted by atomic mass is 35.5. The third-order valence-corrected chi connectivity index (χ3v) is 6.98. The number of carbonyl (C=O) groups excluding carboxylic acids is 1. The number of rotatable bonds is 7. The number of amides is 1. The highest BCUT2D eigenvalue weighted by Gasteiger charge is 2.23. The Morgan fingerprint density at radius 2 is 2.23 bits per heavy atom. The van der Waals surface area contributed by atoms with Crippen LogP contribution in [-0.4, -0.2) is 28.3 Å². The van der Waals surface area contributed by atoms with Crippen LogP contribution in [0.3, 0.4) is 0 Å². The predicted octanol–water partition coefficient (Wildman–Crippen LogP) is 4.23. The second-order valence-electron chi connectivity index (χ2n) is 6.83. The third kappa shape index (κ3) is 4.55. The van der Waals surface area contributed by atoms with Crippen LogP contribution in [0.4, 0.5) is 5.69 Å². The summed E-state index contributed by atoms with van der Waals surface area (Å²) in [6, 6.07) is 9.05. The minimum absolute atomic E-state index is 0.142. The Labute approximate surface area is 187 Å². The van der Waals surface area contributed by atoms with Crippen molar-refractivity contribution in [2.45, 2.75) is 30.8 Å². The number of fused-ring (bicyclic) bond motifs is 1. The first-order valence-corrected chi connectivity index (χ1v) is 11.7. The normalized spacial score (nSPS) is 12.6. The zero-order valence-corrected chi connectivity index (χ0v) is 18.7. The van der Waals surface area contributed by atoms with Crippen molar-refractivity contribution < 1.29 is 9.53 Å². The second-order valence-corrected chi connectivity index (χ2v) is 9.26. The Hall–Kier alpha value is -2.29. The molecular formula is C21H20ClN3O3S2. The van der Waals surface area contributed by atoms with Gasteiger partial charge >= 0.3 is 5.69 Å². The predicted molar refractivity (Wildman–Crippen MR) is 121 cm³/mol. The molecule has 0 saturated heterocycles. The number of thioether (sulfide) groups is 1. The van der Waals surface area contributed by atoms with E-state index in [1.54, 1.807) is 34.1 Å². The lowest BCUT2D eigenvalue weighted by atomic mass is 10.2. The van der Waals surface area contributed by atoms with Gasteiger partial charge in [-0.15, -0.1) is 11.3 Å². The molecule has 0 aliphatic heterocycles. The lowest BCUT2D eigenvalue weighted by Crippen LogP contribution is -2.27. The smallest absolute Gasteiger partial charge is 0.349 e. The van der Waals surface area contributed by atoms with E-state index in [0.29, 0.717) is 28.0 Å². The highest BCUT2D eigenvalue weighted by molar-refractivity contribution is 8.00. The van der Waals surface area contributed by atoms with Gasteiger partial charge in [-0.2, -0.15) is 4.98 Å². The van der Waals surface area contributed by atoms with Crippen molar-refractivity contribution in [1.82, 2.24) is 9.55 Å². The molecule has 1 amide bonds. The maximum Gasteiger partial charge on any atom is 0.349 e. The van der Waals surface area contributed by atoms with Crippen LogP contribution in [0.1, 0.15) is 22.6 Å². The lowest BCUT2D eigenvalue weighted by Gasteiger charge is -2.14. The number of carbonyl (C=O) groups is 1. The Bertz CT molecular complexity index is 1130. The van der Waals surface area contributed by atoms with E-state index in [2.05, 4.69) is 10.3 Å². The molecule has 0 bridgehead atoms. The number of methoxy groups -OCH3 is 1. The molecule has 0 radical (unpaired) electrons. The average Bonchev–Trinajstić information content (AvgIpc) is 3.41. The summed E-state index contributed by atoms with van der Waals surface area (Å²) in [7, 11) is 1.53. The van der Waals surface area contributed by atoms with E-state index in [9.17, 15) is 9.59 Å². The largest absolute Gasteiger partial charge is 0.495 e. The van der Waals surface area contributed by atoms with E-state index in [-0.39, 0.29) is 17.3 Å². The van der Waals surface area contributed by atoms with Crippen LogP contribution in [0.5, 0.6) is 5.75 Å². The molecule has 156 valence electrons. The first kappa shape index (κ1) is 21.0. The van der Waals surface area contributed by atoms with Crippen LogP contribution < -0.4 is 15.7 Å². The van der Waals surface area contributed by atoms with Gasteiger partial charge in [-0.3, -0.25) is 9.36 Å². The molecule has 9 heteroatoms. The molecule has 0 fully saturated rings. The third-order valence-electron chi connectivity index (χ3n) is 4.87. The first-order valence-electron chi connectivity index (χ1n) is 9.46. The molecule has 3 aromatic rings. The van der Waals surface area contributed by atoms with Gasteiger partial charge < -0.3 is 10.1 Å². The van der Waals surface area contributed by atoms with Crippen molar-refractivity contribution in [3.8, 4) is 5.75 Å². The Kier molecular flexibility index (Phi) is 6.46. The molecule has 0 spiro atoms. The summed E-state index contributed by atoms with van der Waals surface area (Å²) >= 11 is 8.94. The molecular weight excluding hydrogens is 442 g/mol. The van der Waals surface area contributed by atoms with Crippen LogP contribution in [0.15, 0.2) is 45.5 Å². The number of nitrogens with zero attached hydrogens (tertiary/aromatic N) is 2. The zero-order chi connectivity index (χ0) is 21.1. The van der Waals surface area contributed by atoms with Gasteiger partial charge in [0.15, 0.2) is 0 Å². The average molecular weight is 462 g/mol. The second kappa shape index (κ2) is 9.24. The standard InChI is InChI=1S/C21H20ClN3O3S2/c1-28-18-8-7-13(22)10-16(18)23-19(26)12-30-20-15-5-2-6-17(15)25(21(27)24-20)11-14-4-3-9-29-14/h3-4,7-10H,2,5-6,11-12H2,1H3,(H,23,26). The molecule has 1 aliphatic rings. The molecule has 0 saturated carbocycles. The van der Waals surface area contributed by atoms with Gasteiger partial charge in [0.1, 0.15) is 10.8 Å². The van der Waals surface area contributed by atoms with Crippen molar-refractivity contribution in [3.05, 3.63) is 67.4 Å². The van der Waals surface area contributed by atoms with Crippen LogP contribution in [-0.2, 0) is 24.2 Å². The van der Waals surface area contributed by atoms with Gasteiger partial charge in [0.25, 0.3) is 0 Å². The molecule has 0 atom stereocenters. The van der Waals surface area contributed by atoms with Gasteiger partial charge in [-0.05, 0) is 48.9 Å². The molecule has 2 aromatic heterocycles. The quantitative estimate of drug-likeness (QED) is 0.421. The van der Waals surface area contributed by atoms with E-state index in [4.69, 9.17) is 16.3 Å². The Morgan fingerprint density at radius 3 is 3.00 bits per heavy atom. The fourth-order valence-electron chi connectivity index (χ4n) is 3.53. The number of aromatic nitrogens is 2. The van der Waals surface area contributed by atoms with Crippen molar-refractivity contribution in [1.29, 1.82) is 0 Å². The van der Waals surface area contributed by atoms with Crippen LogP contribution in [0.2, 0.25) is 5.02 Å². The maximum absolute atomic E-state index is 12.7. The molecule has 4 rings (SSSR count). The number of ether oxygens (including phenoxy) is 1. The van der Waals surface area contributed by atoms with E-state index in [1.165, 1.54) is 18.9 Å². The van der Waals surface area contributed by atoms with Gasteiger partial charge in [0.05, 0.1) is 25.1 Å². The molecule has 0 unspecified atom stereocenters. The fourth-order valence-corrected chi connectivity index (χ4v) is 5.27. The van der Waals surface area contributed by atoms with Crippen molar-refractivity contribution in [3.63, 3.8) is 0 Å². The van der Waals surface area contributed by atoms with Crippen molar-refractivity contribution >= 4 is 46.3 Å². The van der Waals surface area contributed by atoms with Gasteiger partial charge in [0.2, 0.25) is 5.91 Å². The van der Waals surface area contributed by atoms with Gasteiger partial charge in [-0.1, -0.05) is 29.4 Å². The molecule has 1 N–H and O–H groups in total. The first-order chi connectivity index (χ1) is 14.5. The fraction of sp³-hybridized carbons (Fsp3) is 0.286. The monoisotopic (exact) mass is 461 g/mol. The van der Waals surface area contributed by atoms with Crippen molar-refractivity contribution in [2.24, 2.45) is 0 Å². The SMILES string of the molecule is COc1ccc(Cl)cc1NC(=O)CSc1nc(=O)n(Cc2cccs2)c2c1CCC2. The van der Waals surface area contributed by atoms with E-state index < -0.39 is 0 Å². The number of anilines is 1. The summed E-state index contributed by atoms with van der Waals surface area (Å²) < 4.78 is 7.03. The number of nitrogens with one attached hydrogen (secondary N) is 1. The van der Waals surface area contributed by atoms with Crippen LogP contribution in [0.25, 0.3) is 0 Å². The summed E-state index contributed by atoms with van der Waals surface area (Å²) in [6.45, 7) is 0.547. The van der Waals surface area contributed by atoms with Gasteiger partial charge in [0, 0.05) is 21.2 Å². The maximum atomic E-state index is 12.7. The summed E-state index contributed by atoms with van der Waals surface area (Å²) in [5, 5.41) is 5.99. The summed E-state index contributed by atoms with van der Waals surface area (Å²) in [5.41, 5.74) is 2.38. The topological polar surface area (TPSA) is 73.2 Å². The van der Waals surface area contributed by atoms with Gasteiger partial charge in [-0.25, -0.2) is 4.79 Å². The minimum atomic E-state index is -0.261. The number of hydrogen-bond donors (Lipinski definition) is 1. The van der Waals surface area contributed by atoms with Crippen molar-refractivity contribution in [2.75, 3.05) is 18.2 Å². The summed E-state index contributed by atoms with van der Waals surface area (Å²) in [4.78, 5) is 30.6. The molecule has 1 aromatic carbocycles. The Morgan fingerprint density at radius 1 is 1.37 bits per heavy atom. The van der Waals surface area contributed by atoms with Crippen LogP contribution >= 0.6 is 34.7 Å². The lowest BCUT2D eigenvalue weighted by molar-refractivity contribution is -0.113. The summed E-state index contributed by atoms with van der Waals surface area (Å²) in [6.07, 6.45) is 2.72. The zero-order valence-electron chi connectivity index (χ0n) is 16.3. The van der Waals surface area contributed by atoms with E-state index in [0.717, 1.165) is 35.4 Å². The van der Waals surface area contributed by atoms with Crippen LogP contribution in [0, 0.1) is 0 Å². The number of benzene rings is 1. The minimum Gasteiger partial charge on any atom is -0.495 e. The summed E-state index contributed by atoms with van der Waals surface area (Å²) in [5.74, 6) is 0.466. The number of hydrogen-bond acceptors (Lipinski definition) is 6. The molecule has 6 nitrogen and oxygen atoms in total. The number of halogens is 1. The highest BCUT2D eigenvalue weighted by Crippen LogP contribution is 2.31. The molecule has 2 heterocycles. The Balaban J connectivity index is 1.50.